The lowest BCUT2D eigenvalue weighted by molar-refractivity contribution is -0.388. The van der Waals surface area contributed by atoms with Crippen molar-refractivity contribution in [2.24, 2.45) is 0 Å². The van der Waals surface area contributed by atoms with Gasteiger partial charge in [-0.2, -0.15) is 4.39 Å². The van der Waals surface area contributed by atoms with E-state index in [0.29, 0.717) is 30.8 Å². The number of benzene rings is 1. The topological polar surface area (TPSA) is 87.9 Å². The fourth-order valence-electron chi connectivity index (χ4n) is 2.98. The molecule has 1 aliphatic heterocycles. The van der Waals surface area contributed by atoms with Crippen LogP contribution in [-0.2, 0) is 14.3 Å². The third kappa shape index (κ3) is 8.24. The average Bonchev–Trinajstić information content (AvgIpc) is 2.65. The van der Waals surface area contributed by atoms with Crippen molar-refractivity contribution in [1.29, 1.82) is 0 Å². The van der Waals surface area contributed by atoms with Crippen LogP contribution in [0.15, 0.2) is 54.5 Å². The molecule has 1 heterocycles. The summed E-state index contributed by atoms with van der Waals surface area (Å²) in [6.07, 6.45) is 7.49. The predicted octanol–water partition coefficient (Wildman–Crippen LogP) is 5.76. The lowest BCUT2D eigenvalue weighted by Gasteiger charge is -2.22. The fraction of sp³-hybridized carbons (Fsp3) is 0.435. The Kier molecular flexibility index (Phi) is 8.36. The standard InChI is InChI=1S/C23H28FNO6/c1-16-12-13-18(30-20-11-7-10-19(24)22(20)25(27)28)9-6-5-8-17(29-16)14-15-21(26)31-23(2,3)4/h7,9-13,17H,1,5-6,8,14-15H2,2-4H3/b13-12-,18-9+. The van der Waals surface area contributed by atoms with Gasteiger partial charge in [-0.25, -0.2) is 0 Å². The molecule has 0 aliphatic carbocycles. The van der Waals surface area contributed by atoms with Gasteiger partial charge in [-0.3, -0.25) is 14.9 Å². The van der Waals surface area contributed by atoms with Gasteiger partial charge in [-0.05, 0) is 76.8 Å². The zero-order valence-electron chi connectivity index (χ0n) is 18.1. The molecule has 0 spiro atoms. The number of hydrogen-bond acceptors (Lipinski definition) is 6. The lowest BCUT2D eigenvalue weighted by Crippen LogP contribution is -2.25. The first-order chi connectivity index (χ1) is 14.5. The summed E-state index contributed by atoms with van der Waals surface area (Å²) in [6.45, 7) is 9.31. The molecule has 0 saturated heterocycles. The molecule has 168 valence electrons. The number of rotatable bonds is 6. The maximum absolute atomic E-state index is 13.8. The van der Waals surface area contributed by atoms with Crippen LogP contribution in [0.3, 0.4) is 0 Å². The molecule has 31 heavy (non-hydrogen) atoms. The van der Waals surface area contributed by atoms with E-state index in [1.165, 1.54) is 12.1 Å². The summed E-state index contributed by atoms with van der Waals surface area (Å²) in [6, 6.07) is 3.70. The van der Waals surface area contributed by atoms with E-state index in [2.05, 4.69) is 6.58 Å². The molecule has 1 aromatic carbocycles. The van der Waals surface area contributed by atoms with Gasteiger partial charge in [0.2, 0.25) is 11.6 Å². The Hall–Kier alpha value is -3.16. The Labute approximate surface area is 181 Å². The Balaban J connectivity index is 2.02. The second kappa shape index (κ2) is 10.7. The van der Waals surface area contributed by atoms with E-state index in [1.54, 1.807) is 18.2 Å². The summed E-state index contributed by atoms with van der Waals surface area (Å²) in [7, 11) is 0. The summed E-state index contributed by atoms with van der Waals surface area (Å²) < 4.78 is 30.6. The van der Waals surface area contributed by atoms with E-state index in [4.69, 9.17) is 14.2 Å². The van der Waals surface area contributed by atoms with Gasteiger partial charge in [0.15, 0.2) is 0 Å². The molecule has 0 radical (unpaired) electrons. The number of para-hydroxylation sites is 1. The number of nitro groups is 1. The highest BCUT2D eigenvalue weighted by molar-refractivity contribution is 5.69. The summed E-state index contributed by atoms with van der Waals surface area (Å²) in [5, 5.41) is 11.2. The quantitative estimate of drug-likeness (QED) is 0.322. The minimum Gasteiger partial charge on any atom is -0.491 e. The SMILES string of the molecule is C=C1/C=C\C(Oc2cccc(F)c2[N+](=O)[O-])=C/CCCC(CCC(=O)OC(C)(C)C)O1. The van der Waals surface area contributed by atoms with Gasteiger partial charge in [0.1, 0.15) is 17.1 Å². The highest BCUT2D eigenvalue weighted by Crippen LogP contribution is 2.31. The van der Waals surface area contributed by atoms with Crippen LogP contribution in [0.4, 0.5) is 10.1 Å². The Morgan fingerprint density at radius 3 is 2.77 bits per heavy atom. The Morgan fingerprint density at radius 2 is 2.10 bits per heavy atom. The lowest BCUT2D eigenvalue weighted by atomic mass is 10.1. The molecule has 0 saturated carbocycles. The first kappa shape index (κ1) is 24.1. The maximum Gasteiger partial charge on any atom is 0.346 e. The molecule has 1 aliphatic rings. The van der Waals surface area contributed by atoms with Crippen LogP contribution in [0.2, 0.25) is 0 Å². The molecule has 2 rings (SSSR count). The third-order valence-corrected chi connectivity index (χ3v) is 4.28. The maximum atomic E-state index is 13.8. The van der Waals surface area contributed by atoms with Crippen molar-refractivity contribution >= 4 is 11.7 Å². The van der Waals surface area contributed by atoms with Crippen molar-refractivity contribution in [2.45, 2.75) is 64.6 Å². The molecule has 7 nitrogen and oxygen atoms in total. The van der Waals surface area contributed by atoms with Gasteiger partial charge < -0.3 is 14.2 Å². The van der Waals surface area contributed by atoms with E-state index in [9.17, 15) is 19.3 Å². The number of esters is 1. The van der Waals surface area contributed by atoms with Crippen LogP contribution in [0.25, 0.3) is 0 Å². The number of allylic oxidation sites excluding steroid dienone is 3. The molecule has 1 aromatic rings. The molecule has 1 unspecified atom stereocenters. The van der Waals surface area contributed by atoms with Crippen LogP contribution in [0.5, 0.6) is 5.75 Å². The third-order valence-electron chi connectivity index (χ3n) is 4.28. The van der Waals surface area contributed by atoms with E-state index in [0.717, 1.165) is 12.5 Å². The van der Waals surface area contributed by atoms with Gasteiger partial charge in [0.25, 0.3) is 0 Å². The van der Waals surface area contributed by atoms with Crippen molar-refractivity contribution in [3.8, 4) is 5.75 Å². The molecule has 0 amide bonds. The van der Waals surface area contributed by atoms with Crippen LogP contribution >= 0.6 is 0 Å². The van der Waals surface area contributed by atoms with E-state index in [-0.39, 0.29) is 24.2 Å². The van der Waals surface area contributed by atoms with Gasteiger partial charge in [-0.15, -0.1) is 0 Å². The van der Waals surface area contributed by atoms with Crippen molar-refractivity contribution in [3.63, 3.8) is 0 Å². The zero-order chi connectivity index (χ0) is 23.0. The van der Waals surface area contributed by atoms with Crippen molar-refractivity contribution in [1.82, 2.24) is 0 Å². The first-order valence-corrected chi connectivity index (χ1v) is 10.1. The van der Waals surface area contributed by atoms with E-state index in [1.807, 2.05) is 20.8 Å². The normalized spacial score (nSPS) is 20.1. The minimum absolute atomic E-state index is 0.181. The molecule has 0 fully saturated rings. The van der Waals surface area contributed by atoms with Crippen molar-refractivity contribution in [3.05, 3.63) is 70.5 Å². The van der Waals surface area contributed by atoms with Gasteiger partial charge in [0, 0.05) is 6.42 Å². The molecular formula is C23H28FNO6. The summed E-state index contributed by atoms with van der Waals surface area (Å²) in [5.41, 5.74) is -1.25. The summed E-state index contributed by atoms with van der Waals surface area (Å²) in [5.74, 6) is -0.737. The molecule has 8 heteroatoms. The number of halogens is 1. The number of hydrogen-bond donors (Lipinski definition) is 0. The van der Waals surface area contributed by atoms with Crippen molar-refractivity contribution in [2.75, 3.05) is 0 Å². The highest BCUT2D eigenvalue weighted by atomic mass is 19.1. The molecule has 0 aromatic heterocycles. The number of ether oxygens (including phenoxy) is 3. The first-order valence-electron chi connectivity index (χ1n) is 10.1. The number of carbonyl (C=O) groups excluding carboxylic acids is 1. The van der Waals surface area contributed by atoms with Crippen LogP contribution in [-0.4, -0.2) is 22.6 Å². The van der Waals surface area contributed by atoms with E-state index < -0.39 is 22.0 Å². The number of nitrogens with zero attached hydrogens (tertiary/aromatic N) is 1. The Morgan fingerprint density at radius 1 is 1.35 bits per heavy atom. The monoisotopic (exact) mass is 433 g/mol. The zero-order valence-corrected chi connectivity index (χ0v) is 18.1. The molecule has 0 bridgehead atoms. The van der Waals surface area contributed by atoms with E-state index >= 15 is 0 Å². The largest absolute Gasteiger partial charge is 0.491 e. The van der Waals surface area contributed by atoms with Crippen LogP contribution in [0, 0.1) is 15.9 Å². The molecule has 1 atom stereocenters. The van der Waals surface area contributed by atoms with Crippen LogP contribution in [0.1, 0.15) is 52.9 Å². The predicted molar refractivity (Wildman–Crippen MR) is 114 cm³/mol. The Bertz CT molecular complexity index is 885. The molecule has 0 N–H and O–H groups in total. The molecular weight excluding hydrogens is 405 g/mol. The highest BCUT2D eigenvalue weighted by Gasteiger charge is 2.22. The second-order valence-corrected chi connectivity index (χ2v) is 8.15. The number of carbonyl (C=O) groups is 1. The minimum atomic E-state index is -0.965. The van der Waals surface area contributed by atoms with Gasteiger partial charge in [-0.1, -0.05) is 12.6 Å². The fourth-order valence-corrected chi connectivity index (χ4v) is 2.98. The number of nitro benzene ring substituents is 1. The van der Waals surface area contributed by atoms with Crippen molar-refractivity contribution < 1.29 is 28.3 Å². The summed E-state index contributed by atoms with van der Waals surface area (Å²) >= 11 is 0. The average molecular weight is 433 g/mol. The second-order valence-electron chi connectivity index (χ2n) is 8.15. The van der Waals surface area contributed by atoms with Gasteiger partial charge >= 0.3 is 11.7 Å². The summed E-state index contributed by atoms with van der Waals surface area (Å²) in [4.78, 5) is 22.3. The van der Waals surface area contributed by atoms with Crippen LogP contribution < -0.4 is 4.74 Å². The van der Waals surface area contributed by atoms with Gasteiger partial charge in [0.05, 0.1) is 11.0 Å². The smallest absolute Gasteiger partial charge is 0.346 e.